The van der Waals surface area contributed by atoms with Crippen molar-refractivity contribution in [1.82, 2.24) is 0 Å². The van der Waals surface area contributed by atoms with Crippen LogP contribution in [0.4, 0.5) is 18.9 Å². The van der Waals surface area contributed by atoms with Gasteiger partial charge < -0.3 is 5.32 Å². The zero-order valence-electron chi connectivity index (χ0n) is 8.88. The van der Waals surface area contributed by atoms with Gasteiger partial charge in [-0.15, -0.1) is 0 Å². The predicted octanol–water partition coefficient (Wildman–Crippen LogP) is 4.10. The fourth-order valence-corrected chi connectivity index (χ4v) is 2.12. The molecule has 0 spiro atoms. The lowest BCUT2D eigenvalue weighted by molar-refractivity contribution is -0.167. The zero-order chi connectivity index (χ0) is 13.3. The van der Waals surface area contributed by atoms with E-state index in [1.807, 2.05) is 17.4 Å². The number of carbonyl (C=O) groups is 1. The molecule has 2 aromatic rings. The van der Waals surface area contributed by atoms with Crippen LogP contribution in [0.3, 0.4) is 0 Å². The Hall–Kier alpha value is -1.56. The maximum absolute atomic E-state index is 12.2. The van der Waals surface area contributed by atoms with Crippen molar-refractivity contribution in [2.45, 2.75) is 6.18 Å². The highest BCUT2D eigenvalue weighted by molar-refractivity contribution is 9.10. The number of halogens is 4. The second kappa shape index (κ2) is 4.61. The molecule has 0 aliphatic heterocycles. The number of alkyl halides is 3. The van der Waals surface area contributed by atoms with Gasteiger partial charge in [0.2, 0.25) is 0 Å². The minimum atomic E-state index is -4.90. The number of carbonyl (C=O) groups excluding carboxylic acids is 1. The second-order valence-corrected chi connectivity index (χ2v) is 4.39. The zero-order valence-corrected chi connectivity index (χ0v) is 10.5. The Morgan fingerprint density at radius 2 is 1.78 bits per heavy atom. The highest BCUT2D eigenvalue weighted by atomic mass is 79.9. The number of fused-ring (bicyclic) bond motifs is 1. The third kappa shape index (κ3) is 2.48. The van der Waals surface area contributed by atoms with Gasteiger partial charge in [0.05, 0.1) is 5.69 Å². The van der Waals surface area contributed by atoms with E-state index in [1.54, 1.807) is 18.2 Å². The SMILES string of the molecule is O=C(Nc1ccc2ccccc2c1Br)C(F)(F)F. The highest BCUT2D eigenvalue weighted by Gasteiger charge is 2.38. The van der Waals surface area contributed by atoms with Crippen LogP contribution in [-0.4, -0.2) is 12.1 Å². The molecule has 0 radical (unpaired) electrons. The molecule has 0 aromatic heterocycles. The van der Waals surface area contributed by atoms with E-state index in [1.165, 1.54) is 6.07 Å². The fourth-order valence-electron chi connectivity index (χ4n) is 1.52. The van der Waals surface area contributed by atoms with Crippen molar-refractivity contribution in [3.05, 3.63) is 40.9 Å². The first-order chi connectivity index (χ1) is 8.39. The summed E-state index contributed by atoms with van der Waals surface area (Å²) in [4.78, 5) is 10.9. The Kier molecular flexibility index (Phi) is 3.30. The Balaban J connectivity index is 2.41. The molecule has 0 unspecified atom stereocenters. The molecule has 94 valence electrons. The van der Waals surface area contributed by atoms with Crippen LogP contribution < -0.4 is 5.32 Å². The molecule has 1 N–H and O–H groups in total. The summed E-state index contributed by atoms with van der Waals surface area (Å²) >= 11 is 3.20. The van der Waals surface area contributed by atoms with Gasteiger partial charge in [0.1, 0.15) is 0 Å². The molecule has 0 atom stereocenters. The smallest absolute Gasteiger partial charge is 0.317 e. The van der Waals surface area contributed by atoms with Crippen LogP contribution in [0.5, 0.6) is 0 Å². The topological polar surface area (TPSA) is 29.1 Å². The molecule has 6 heteroatoms. The first kappa shape index (κ1) is 12.9. The lowest BCUT2D eigenvalue weighted by Gasteiger charge is -2.11. The summed E-state index contributed by atoms with van der Waals surface area (Å²) in [6.45, 7) is 0. The van der Waals surface area contributed by atoms with E-state index in [4.69, 9.17) is 0 Å². The summed E-state index contributed by atoms with van der Waals surface area (Å²) in [7, 11) is 0. The number of hydrogen-bond donors (Lipinski definition) is 1. The van der Waals surface area contributed by atoms with Gasteiger partial charge in [-0.05, 0) is 32.8 Å². The monoisotopic (exact) mass is 317 g/mol. The van der Waals surface area contributed by atoms with Crippen molar-refractivity contribution in [1.29, 1.82) is 0 Å². The molecule has 0 saturated heterocycles. The van der Waals surface area contributed by atoms with Crippen LogP contribution in [0, 0.1) is 0 Å². The van der Waals surface area contributed by atoms with E-state index in [-0.39, 0.29) is 5.69 Å². The Morgan fingerprint density at radius 3 is 2.44 bits per heavy atom. The number of benzene rings is 2. The van der Waals surface area contributed by atoms with E-state index in [0.717, 1.165) is 10.8 Å². The molecule has 0 heterocycles. The summed E-state index contributed by atoms with van der Waals surface area (Å²) in [5, 5.41) is 3.44. The van der Waals surface area contributed by atoms with E-state index >= 15 is 0 Å². The van der Waals surface area contributed by atoms with Gasteiger partial charge in [-0.1, -0.05) is 30.3 Å². The fraction of sp³-hybridized carbons (Fsp3) is 0.0833. The van der Waals surface area contributed by atoms with E-state index < -0.39 is 12.1 Å². The average Bonchev–Trinajstić information content (AvgIpc) is 2.32. The lowest BCUT2D eigenvalue weighted by Crippen LogP contribution is -2.30. The van der Waals surface area contributed by atoms with Crippen molar-refractivity contribution in [2.75, 3.05) is 5.32 Å². The summed E-state index contributed by atoms with van der Waals surface area (Å²) < 4.78 is 36.9. The van der Waals surface area contributed by atoms with Crippen molar-refractivity contribution >= 4 is 38.3 Å². The molecule has 2 rings (SSSR count). The van der Waals surface area contributed by atoms with Crippen LogP contribution in [0.25, 0.3) is 10.8 Å². The van der Waals surface area contributed by atoms with E-state index in [9.17, 15) is 18.0 Å². The molecule has 2 nitrogen and oxygen atoms in total. The molecule has 0 aliphatic carbocycles. The minimum absolute atomic E-state index is 0.0935. The Morgan fingerprint density at radius 1 is 1.11 bits per heavy atom. The third-order valence-corrected chi connectivity index (χ3v) is 3.22. The van der Waals surface area contributed by atoms with Crippen LogP contribution >= 0.6 is 15.9 Å². The lowest BCUT2D eigenvalue weighted by atomic mass is 10.1. The molecule has 0 fully saturated rings. The van der Waals surface area contributed by atoms with Crippen LogP contribution in [-0.2, 0) is 4.79 Å². The predicted molar refractivity (Wildman–Crippen MR) is 66.3 cm³/mol. The first-order valence-corrected chi connectivity index (χ1v) is 5.74. The molecule has 0 saturated carbocycles. The van der Waals surface area contributed by atoms with E-state index in [0.29, 0.717) is 4.47 Å². The summed E-state index contributed by atoms with van der Waals surface area (Å²) in [5.74, 6) is -1.99. The van der Waals surface area contributed by atoms with Crippen molar-refractivity contribution in [3.63, 3.8) is 0 Å². The quantitative estimate of drug-likeness (QED) is 0.842. The third-order valence-electron chi connectivity index (χ3n) is 2.37. The van der Waals surface area contributed by atoms with Crippen LogP contribution in [0.2, 0.25) is 0 Å². The van der Waals surface area contributed by atoms with Gasteiger partial charge in [-0.2, -0.15) is 13.2 Å². The normalized spacial score (nSPS) is 11.6. The average molecular weight is 318 g/mol. The van der Waals surface area contributed by atoms with Gasteiger partial charge in [0.25, 0.3) is 0 Å². The largest absolute Gasteiger partial charge is 0.471 e. The minimum Gasteiger partial charge on any atom is -0.317 e. The summed E-state index contributed by atoms with van der Waals surface area (Å²) in [5.41, 5.74) is 0.0935. The number of rotatable bonds is 1. The molecule has 18 heavy (non-hydrogen) atoms. The van der Waals surface area contributed by atoms with Gasteiger partial charge >= 0.3 is 12.1 Å². The van der Waals surface area contributed by atoms with Gasteiger partial charge in [0, 0.05) is 4.47 Å². The number of anilines is 1. The molecular weight excluding hydrogens is 311 g/mol. The van der Waals surface area contributed by atoms with E-state index in [2.05, 4.69) is 15.9 Å². The van der Waals surface area contributed by atoms with Gasteiger partial charge in [-0.3, -0.25) is 4.79 Å². The molecule has 0 bridgehead atoms. The molecule has 1 amide bonds. The van der Waals surface area contributed by atoms with Gasteiger partial charge in [0.15, 0.2) is 0 Å². The number of amides is 1. The Bertz CT molecular complexity index is 610. The highest BCUT2D eigenvalue weighted by Crippen LogP contribution is 2.32. The molecule has 0 aliphatic rings. The van der Waals surface area contributed by atoms with Crippen molar-refractivity contribution in [2.24, 2.45) is 0 Å². The maximum Gasteiger partial charge on any atom is 0.471 e. The number of hydrogen-bond acceptors (Lipinski definition) is 1. The number of nitrogens with one attached hydrogen (secondary N) is 1. The standard InChI is InChI=1S/C12H7BrF3NO/c13-10-8-4-2-1-3-7(8)5-6-9(10)17-11(18)12(14,15)16/h1-6H,(H,17,18). The first-order valence-electron chi connectivity index (χ1n) is 4.95. The van der Waals surface area contributed by atoms with Gasteiger partial charge in [-0.25, -0.2) is 0 Å². The maximum atomic E-state index is 12.2. The molecule has 2 aromatic carbocycles. The molecular formula is C12H7BrF3NO. The summed E-state index contributed by atoms with van der Waals surface area (Å²) in [6, 6.07) is 10.2. The van der Waals surface area contributed by atoms with Crippen molar-refractivity contribution < 1.29 is 18.0 Å². The van der Waals surface area contributed by atoms with Crippen LogP contribution in [0.15, 0.2) is 40.9 Å². The summed E-state index contributed by atoms with van der Waals surface area (Å²) in [6.07, 6.45) is -4.90. The Labute approximate surface area is 109 Å². The van der Waals surface area contributed by atoms with Crippen LogP contribution in [0.1, 0.15) is 0 Å². The second-order valence-electron chi connectivity index (χ2n) is 3.60. The van der Waals surface area contributed by atoms with Crippen molar-refractivity contribution in [3.8, 4) is 0 Å².